The molecule has 12 heteroatoms. The van der Waals surface area contributed by atoms with E-state index in [4.69, 9.17) is 9.72 Å². The van der Waals surface area contributed by atoms with Crippen LogP contribution in [-0.4, -0.2) is 91.8 Å². The minimum absolute atomic E-state index is 0.0207. The van der Waals surface area contributed by atoms with Crippen molar-refractivity contribution in [3.63, 3.8) is 0 Å². The second-order valence-electron chi connectivity index (χ2n) is 9.99. The monoisotopic (exact) mass is 532 g/mol. The van der Waals surface area contributed by atoms with Crippen LogP contribution in [0.5, 0.6) is 5.88 Å². The number of hydrogen-bond acceptors (Lipinski definition) is 9. The third-order valence-corrected chi connectivity index (χ3v) is 7.15. The van der Waals surface area contributed by atoms with Crippen molar-refractivity contribution in [1.82, 2.24) is 39.5 Å². The highest BCUT2D eigenvalue weighted by molar-refractivity contribution is 6.05. The van der Waals surface area contributed by atoms with Crippen LogP contribution in [0.4, 0.5) is 17.5 Å². The van der Waals surface area contributed by atoms with E-state index in [-0.39, 0.29) is 11.9 Å². The van der Waals surface area contributed by atoms with E-state index in [0.717, 1.165) is 66.7 Å². The van der Waals surface area contributed by atoms with Crippen molar-refractivity contribution in [2.24, 2.45) is 7.05 Å². The van der Waals surface area contributed by atoms with Crippen LogP contribution in [0.2, 0.25) is 0 Å². The van der Waals surface area contributed by atoms with E-state index in [2.05, 4.69) is 54.5 Å². The van der Waals surface area contributed by atoms with E-state index in [1.807, 2.05) is 32.4 Å². The number of carbonyl (C=O) groups excluding carboxylic acids is 1. The van der Waals surface area contributed by atoms with Crippen molar-refractivity contribution in [3.05, 3.63) is 36.4 Å². The van der Waals surface area contributed by atoms with Gasteiger partial charge in [0.1, 0.15) is 5.69 Å². The summed E-state index contributed by atoms with van der Waals surface area (Å²) in [7, 11) is 5.51. The summed E-state index contributed by atoms with van der Waals surface area (Å²) in [6.07, 6.45) is 8.94. The number of likely N-dealkylation sites (N-methyl/N-ethyl adjacent to an activating group) is 1. The minimum Gasteiger partial charge on any atom is -0.478 e. The van der Waals surface area contributed by atoms with Crippen molar-refractivity contribution < 1.29 is 9.53 Å². The van der Waals surface area contributed by atoms with Gasteiger partial charge in [-0.3, -0.25) is 14.4 Å². The lowest BCUT2D eigenvalue weighted by atomic mass is 10.1. The Morgan fingerprint density at radius 2 is 2.00 bits per heavy atom. The van der Waals surface area contributed by atoms with Crippen molar-refractivity contribution in [2.75, 3.05) is 51.0 Å². The number of methoxy groups -OCH3 is 1. The Kier molecular flexibility index (Phi) is 7.75. The van der Waals surface area contributed by atoms with Gasteiger partial charge in [0.05, 0.1) is 30.6 Å². The zero-order chi connectivity index (χ0) is 27.5. The van der Waals surface area contributed by atoms with Gasteiger partial charge < -0.3 is 25.3 Å². The molecule has 1 aliphatic heterocycles. The van der Waals surface area contributed by atoms with Gasteiger partial charge in [0, 0.05) is 62.8 Å². The van der Waals surface area contributed by atoms with Gasteiger partial charge in [-0.2, -0.15) is 0 Å². The van der Waals surface area contributed by atoms with Gasteiger partial charge in [-0.15, -0.1) is 5.10 Å². The van der Waals surface area contributed by atoms with Crippen LogP contribution in [0, 0.1) is 6.92 Å². The molecule has 0 aromatic carbocycles. The SMILES string of the molecule is CCC[C@H](C(=O)Nc1nccc2c(-c3nc(Nc4cn(C)nc4OC)ncc3C)c[nH]c12)N1CCN(C)CC1. The third-order valence-electron chi connectivity index (χ3n) is 7.15. The average Bonchev–Trinajstić information content (AvgIpc) is 3.52. The molecular weight excluding hydrogens is 496 g/mol. The fraction of sp³-hybridized carbons (Fsp3) is 0.444. The number of nitrogens with zero attached hydrogens (tertiary/aromatic N) is 7. The maximum atomic E-state index is 13.5. The van der Waals surface area contributed by atoms with Crippen LogP contribution in [0.15, 0.2) is 30.9 Å². The summed E-state index contributed by atoms with van der Waals surface area (Å²) in [5, 5.41) is 11.5. The number of pyridine rings is 1. The summed E-state index contributed by atoms with van der Waals surface area (Å²) in [5.41, 5.74) is 4.01. The summed E-state index contributed by atoms with van der Waals surface area (Å²) in [5.74, 6) is 1.38. The van der Waals surface area contributed by atoms with Crippen LogP contribution in [0.3, 0.4) is 0 Å². The maximum Gasteiger partial charge on any atom is 0.256 e. The number of aromatic nitrogens is 6. The van der Waals surface area contributed by atoms with Crippen molar-refractivity contribution >= 4 is 34.3 Å². The maximum absolute atomic E-state index is 13.5. The Hall–Kier alpha value is -4.03. The second kappa shape index (κ2) is 11.4. The molecule has 1 saturated heterocycles. The molecule has 0 spiro atoms. The molecular formula is C27H36N10O2. The predicted octanol–water partition coefficient (Wildman–Crippen LogP) is 3.17. The lowest BCUT2D eigenvalue weighted by Gasteiger charge is -2.37. The summed E-state index contributed by atoms with van der Waals surface area (Å²) in [6, 6.07) is 1.75. The van der Waals surface area contributed by atoms with E-state index in [0.29, 0.717) is 23.3 Å². The van der Waals surface area contributed by atoms with Crippen LogP contribution in [0.1, 0.15) is 25.3 Å². The molecule has 1 aliphatic rings. The molecule has 5 rings (SSSR count). The fourth-order valence-corrected chi connectivity index (χ4v) is 5.03. The lowest BCUT2D eigenvalue weighted by molar-refractivity contribution is -0.122. The Balaban J connectivity index is 1.42. The Labute approximate surface area is 227 Å². The van der Waals surface area contributed by atoms with E-state index in [9.17, 15) is 4.79 Å². The summed E-state index contributed by atoms with van der Waals surface area (Å²) < 4.78 is 7.00. The average molecular weight is 533 g/mol. The standard InChI is InChI=1S/C27H36N10O2/c1-6-7-21(37-12-10-35(3)11-13-37)25(38)33-24-23-18(8-9-28-24)19(15-29-23)22-17(2)14-30-27(32-22)31-20-16-36(4)34-26(20)39-5/h8-9,14-16,21,29H,6-7,10-13H2,1-5H3,(H,28,33,38)(H,30,31,32)/t21-/m1/s1. The molecule has 5 heterocycles. The quantitative estimate of drug-likeness (QED) is 0.298. The Bertz CT molecular complexity index is 1450. The third kappa shape index (κ3) is 5.57. The molecule has 1 amide bonds. The highest BCUT2D eigenvalue weighted by Gasteiger charge is 2.28. The molecule has 0 radical (unpaired) electrons. The molecule has 0 bridgehead atoms. The molecule has 3 N–H and O–H groups in total. The smallest absolute Gasteiger partial charge is 0.256 e. The van der Waals surface area contributed by atoms with Gasteiger partial charge in [0.2, 0.25) is 11.9 Å². The van der Waals surface area contributed by atoms with Crippen LogP contribution >= 0.6 is 0 Å². The largest absolute Gasteiger partial charge is 0.478 e. The first-order valence-corrected chi connectivity index (χ1v) is 13.3. The number of carbonyl (C=O) groups is 1. The molecule has 1 fully saturated rings. The number of rotatable bonds is 9. The lowest BCUT2D eigenvalue weighted by Crippen LogP contribution is -2.52. The van der Waals surface area contributed by atoms with Crippen LogP contribution in [0.25, 0.3) is 22.2 Å². The highest BCUT2D eigenvalue weighted by Crippen LogP contribution is 2.33. The van der Waals surface area contributed by atoms with Gasteiger partial charge >= 0.3 is 0 Å². The molecule has 206 valence electrons. The van der Waals surface area contributed by atoms with E-state index in [1.54, 1.807) is 24.2 Å². The molecule has 1 atom stereocenters. The van der Waals surface area contributed by atoms with Gasteiger partial charge in [-0.05, 0) is 32.0 Å². The highest BCUT2D eigenvalue weighted by atomic mass is 16.5. The number of nitrogens with one attached hydrogen (secondary N) is 3. The van der Waals surface area contributed by atoms with Crippen LogP contribution in [-0.2, 0) is 11.8 Å². The van der Waals surface area contributed by atoms with Gasteiger partial charge in [-0.1, -0.05) is 13.3 Å². The molecule has 12 nitrogen and oxygen atoms in total. The molecule has 4 aromatic rings. The van der Waals surface area contributed by atoms with E-state index < -0.39 is 0 Å². The number of ether oxygens (including phenoxy) is 1. The predicted molar refractivity (Wildman–Crippen MR) is 151 cm³/mol. The van der Waals surface area contributed by atoms with Crippen molar-refractivity contribution in [1.29, 1.82) is 0 Å². The van der Waals surface area contributed by atoms with Crippen molar-refractivity contribution in [2.45, 2.75) is 32.7 Å². The molecule has 0 unspecified atom stereocenters. The number of H-pyrrole nitrogens is 1. The first kappa shape index (κ1) is 26.6. The first-order chi connectivity index (χ1) is 18.9. The zero-order valence-electron chi connectivity index (χ0n) is 23.2. The van der Waals surface area contributed by atoms with Gasteiger partial charge in [0.25, 0.3) is 5.88 Å². The molecule has 0 saturated carbocycles. The Morgan fingerprint density at radius 1 is 1.21 bits per heavy atom. The number of aryl methyl sites for hydroxylation is 2. The molecule has 0 aliphatic carbocycles. The van der Waals surface area contributed by atoms with Crippen molar-refractivity contribution in [3.8, 4) is 17.1 Å². The zero-order valence-corrected chi connectivity index (χ0v) is 23.2. The molecule has 39 heavy (non-hydrogen) atoms. The van der Waals surface area contributed by atoms with Crippen LogP contribution < -0.4 is 15.4 Å². The van der Waals surface area contributed by atoms with Gasteiger partial charge in [-0.25, -0.2) is 15.0 Å². The summed E-state index contributed by atoms with van der Waals surface area (Å²) in [4.78, 5) is 35.1. The number of anilines is 3. The second-order valence-corrected chi connectivity index (χ2v) is 9.99. The fourth-order valence-electron chi connectivity index (χ4n) is 5.03. The van der Waals surface area contributed by atoms with E-state index >= 15 is 0 Å². The minimum atomic E-state index is -0.183. The number of fused-ring (bicyclic) bond motifs is 1. The van der Waals surface area contributed by atoms with E-state index in [1.165, 1.54) is 0 Å². The number of piperazine rings is 1. The number of aromatic amines is 1. The molecule has 4 aromatic heterocycles. The first-order valence-electron chi connectivity index (χ1n) is 13.3. The number of hydrogen-bond donors (Lipinski definition) is 3. The normalized spacial score (nSPS) is 15.4. The summed E-state index contributed by atoms with van der Waals surface area (Å²) >= 11 is 0. The van der Waals surface area contributed by atoms with Gasteiger partial charge in [0.15, 0.2) is 5.82 Å². The number of amides is 1. The Morgan fingerprint density at radius 3 is 2.74 bits per heavy atom. The topological polar surface area (TPSA) is 129 Å². The summed E-state index contributed by atoms with van der Waals surface area (Å²) in [6.45, 7) is 7.77.